The second kappa shape index (κ2) is 6.05. The number of halogens is 2. The number of aryl methyl sites for hydroxylation is 1. The van der Waals surface area contributed by atoms with Gasteiger partial charge in [-0.15, -0.1) is 0 Å². The lowest BCUT2D eigenvalue weighted by Gasteiger charge is -2.05. The highest BCUT2D eigenvalue weighted by molar-refractivity contribution is 5.75. The Balaban J connectivity index is 2.48. The molecule has 1 N–H and O–H groups in total. The molecular formula is C11H13F2NO2. The van der Waals surface area contributed by atoms with Crippen molar-refractivity contribution in [2.45, 2.75) is 19.5 Å². The van der Waals surface area contributed by atoms with Crippen LogP contribution in [0.5, 0.6) is 5.75 Å². The number of amides is 1. The molecule has 3 nitrogen and oxygen atoms in total. The maximum Gasteiger partial charge on any atom is 0.387 e. The first kappa shape index (κ1) is 12.4. The number of rotatable bonds is 5. The van der Waals surface area contributed by atoms with E-state index >= 15 is 0 Å². The molecule has 0 bridgehead atoms. The smallest absolute Gasteiger partial charge is 0.387 e. The highest BCUT2D eigenvalue weighted by atomic mass is 19.3. The summed E-state index contributed by atoms with van der Waals surface area (Å²) in [6.07, 6.45) is 0.959. The minimum atomic E-state index is -2.81. The number of hydrogen-bond donors (Lipinski definition) is 1. The number of hydrogen-bond acceptors (Lipinski definition) is 2. The quantitative estimate of drug-likeness (QED) is 0.838. The summed E-state index contributed by atoms with van der Waals surface area (Å²) in [7, 11) is 1.57. The number of carbonyl (C=O) groups is 1. The molecule has 0 aliphatic carbocycles. The molecule has 0 radical (unpaired) electrons. The van der Waals surface area contributed by atoms with Gasteiger partial charge in [-0.25, -0.2) is 0 Å². The summed E-state index contributed by atoms with van der Waals surface area (Å²) in [5.41, 5.74) is 0.908. The fourth-order valence-electron chi connectivity index (χ4n) is 1.22. The zero-order valence-corrected chi connectivity index (χ0v) is 8.87. The zero-order chi connectivity index (χ0) is 12.0. The molecule has 0 aliphatic rings. The molecule has 0 unspecified atom stereocenters. The third kappa shape index (κ3) is 4.25. The van der Waals surface area contributed by atoms with Crippen molar-refractivity contribution < 1.29 is 18.3 Å². The Bertz CT molecular complexity index is 338. The molecule has 0 aromatic heterocycles. The van der Waals surface area contributed by atoms with Crippen molar-refractivity contribution in [2.24, 2.45) is 0 Å². The molecule has 0 saturated carbocycles. The summed E-state index contributed by atoms with van der Waals surface area (Å²) in [4.78, 5) is 11.0. The van der Waals surface area contributed by atoms with Gasteiger partial charge < -0.3 is 10.1 Å². The zero-order valence-electron chi connectivity index (χ0n) is 8.87. The van der Waals surface area contributed by atoms with Crippen LogP contribution in [0.4, 0.5) is 8.78 Å². The van der Waals surface area contributed by atoms with Crippen molar-refractivity contribution in [1.82, 2.24) is 5.32 Å². The minimum absolute atomic E-state index is 0.0482. The highest BCUT2D eigenvalue weighted by Gasteiger charge is 2.04. The van der Waals surface area contributed by atoms with Crippen molar-refractivity contribution >= 4 is 5.91 Å². The molecule has 5 heteroatoms. The average Bonchev–Trinajstić information content (AvgIpc) is 2.27. The SMILES string of the molecule is CNC(=O)CCc1ccc(OC(F)F)cc1. The minimum Gasteiger partial charge on any atom is -0.435 e. The number of nitrogens with one attached hydrogen (secondary N) is 1. The van der Waals surface area contributed by atoms with E-state index < -0.39 is 6.61 Å². The first-order valence-electron chi connectivity index (χ1n) is 4.86. The first-order chi connectivity index (χ1) is 7.61. The fraction of sp³-hybridized carbons (Fsp3) is 0.364. The predicted molar refractivity (Wildman–Crippen MR) is 55.5 cm³/mol. The summed E-state index contributed by atoms with van der Waals surface area (Å²) < 4.78 is 27.9. The molecule has 0 fully saturated rings. The Hall–Kier alpha value is -1.65. The van der Waals surface area contributed by atoms with E-state index in [1.807, 2.05) is 0 Å². The lowest BCUT2D eigenvalue weighted by atomic mass is 10.1. The van der Waals surface area contributed by atoms with Gasteiger partial charge in [0.25, 0.3) is 0 Å². The average molecular weight is 229 g/mol. The van der Waals surface area contributed by atoms with Crippen molar-refractivity contribution in [3.8, 4) is 5.75 Å². The Morgan fingerprint density at radius 2 is 2.00 bits per heavy atom. The number of carbonyl (C=O) groups excluding carboxylic acids is 1. The topological polar surface area (TPSA) is 38.3 Å². The molecule has 88 valence electrons. The van der Waals surface area contributed by atoms with E-state index in [9.17, 15) is 13.6 Å². The molecule has 0 atom stereocenters. The summed E-state index contributed by atoms with van der Waals surface area (Å²) in [5, 5.41) is 2.51. The summed E-state index contributed by atoms with van der Waals surface area (Å²) >= 11 is 0. The van der Waals surface area contributed by atoms with E-state index in [4.69, 9.17) is 0 Å². The third-order valence-electron chi connectivity index (χ3n) is 2.07. The predicted octanol–water partition coefficient (Wildman–Crippen LogP) is 1.97. The van der Waals surface area contributed by atoms with Crippen LogP contribution < -0.4 is 10.1 Å². The van der Waals surface area contributed by atoms with Crippen LogP contribution in [-0.4, -0.2) is 19.6 Å². The van der Waals surface area contributed by atoms with Crippen LogP contribution in [-0.2, 0) is 11.2 Å². The van der Waals surface area contributed by atoms with Crippen LogP contribution in [0.3, 0.4) is 0 Å². The fourth-order valence-corrected chi connectivity index (χ4v) is 1.22. The van der Waals surface area contributed by atoms with Gasteiger partial charge in [0.2, 0.25) is 5.91 Å². The van der Waals surface area contributed by atoms with Gasteiger partial charge in [-0.2, -0.15) is 8.78 Å². The number of alkyl halides is 2. The van der Waals surface area contributed by atoms with Gasteiger partial charge in [-0.05, 0) is 24.1 Å². The molecule has 1 amide bonds. The highest BCUT2D eigenvalue weighted by Crippen LogP contribution is 2.15. The van der Waals surface area contributed by atoms with Gasteiger partial charge in [-0.3, -0.25) is 4.79 Å². The Kier molecular flexibility index (Phi) is 4.69. The van der Waals surface area contributed by atoms with Crippen LogP contribution in [0, 0.1) is 0 Å². The second-order valence-corrected chi connectivity index (χ2v) is 3.20. The van der Waals surface area contributed by atoms with Gasteiger partial charge in [0.05, 0.1) is 0 Å². The van der Waals surface area contributed by atoms with Crippen molar-refractivity contribution in [2.75, 3.05) is 7.05 Å². The lowest BCUT2D eigenvalue weighted by Crippen LogP contribution is -2.17. The van der Waals surface area contributed by atoms with Crippen LogP contribution in [0.1, 0.15) is 12.0 Å². The monoisotopic (exact) mass is 229 g/mol. The third-order valence-corrected chi connectivity index (χ3v) is 2.07. The van der Waals surface area contributed by atoms with E-state index in [1.54, 1.807) is 19.2 Å². The second-order valence-electron chi connectivity index (χ2n) is 3.20. The molecule has 0 heterocycles. The summed E-state index contributed by atoms with van der Waals surface area (Å²) in [6, 6.07) is 6.26. The van der Waals surface area contributed by atoms with Crippen LogP contribution in [0.15, 0.2) is 24.3 Å². The van der Waals surface area contributed by atoms with E-state index in [0.29, 0.717) is 12.8 Å². The maximum atomic E-state index is 11.8. The molecular weight excluding hydrogens is 216 g/mol. The standard InChI is InChI=1S/C11H13F2NO2/c1-14-10(15)7-4-8-2-5-9(6-3-8)16-11(12)13/h2-3,5-6,11H,4,7H2,1H3,(H,14,15). The van der Waals surface area contributed by atoms with Crippen molar-refractivity contribution in [3.63, 3.8) is 0 Å². The van der Waals surface area contributed by atoms with Crippen molar-refractivity contribution in [1.29, 1.82) is 0 Å². The van der Waals surface area contributed by atoms with E-state index in [2.05, 4.69) is 10.1 Å². The molecule has 0 spiro atoms. The van der Waals surface area contributed by atoms with Gasteiger partial charge in [0, 0.05) is 13.5 Å². The molecule has 16 heavy (non-hydrogen) atoms. The Morgan fingerprint density at radius 1 is 1.38 bits per heavy atom. The molecule has 1 aromatic rings. The number of benzene rings is 1. The van der Waals surface area contributed by atoms with Gasteiger partial charge in [0.1, 0.15) is 5.75 Å². The van der Waals surface area contributed by atoms with E-state index in [-0.39, 0.29) is 11.7 Å². The van der Waals surface area contributed by atoms with Crippen LogP contribution >= 0.6 is 0 Å². The van der Waals surface area contributed by atoms with Crippen LogP contribution in [0.2, 0.25) is 0 Å². The molecule has 1 aromatic carbocycles. The van der Waals surface area contributed by atoms with E-state index in [1.165, 1.54) is 12.1 Å². The van der Waals surface area contributed by atoms with Gasteiger partial charge >= 0.3 is 6.61 Å². The van der Waals surface area contributed by atoms with Gasteiger partial charge in [-0.1, -0.05) is 12.1 Å². The number of ether oxygens (including phenoxy) is 1. The Labute approximate surface area is 92.4 Å². The summed E-state index contributed by atoms with van der Waals surface area (Å²) in [5.74, 6) is 0.0756. The molecule has 1 rings (SSSR count). The lowest BCUT2D eigenvalue weighted by molar-refractivity contribution is -0.120. The maximum absolute atomic E-state index is 11.8. The largest absolute Gasteiger partial charge is 0.435 e. The first-order valence-corrected chi connectivity index (χ1v) is 4.86. The summed E-state index contributed by atoms with van der Waals surface area (Å²) in [6.45, 7) is -2.81. The van der Waals surface area contributed by atoms with Gasteiger partial charge in [0.15, 0.2) is 0 Å². The molecule has 0 saturated heterocycles. The molecule has 0 aliphatic heterocycles. The van der Waals surface area contributed by atoms with Crippen LogP contribution in [0.25, 0.3) is 0 Å². The van der Waals surface area contributed by atoms with E-state index in [0.717, 1.165) is 5.56 Å². The Morgan fingerprint density at radius 3 is 2.50 bits per heavy atom. The van der Waals surface area contributed by atoms with Crippen molar-refractivity contribution in [3.05, 3.63) is 29.8 Å². The normalized spacial score (nSPS) is 10.2.